The van der Waals surface area contributed by atoms with Gasteiger partial charge in [-0.3, -0.25) is 4.79 Å². The van der Waals surface area contributed by atoms with E-state index in [9.17, 15) is 4.79 Å². The molecule has 4 heteroatoms. The molecule has 0 spiro atoms. The van der Waals surface area contributed by atoms with E-state index in [4.69, 9.17) is 4.74 Å². The summed E-state index contributed by atoms with van der Waals surface area (Å²) in [6.45, 7) is 2.89. The van der Waals surface area contributed by atoms with E-state index in [1.54, 1.807) is 18.4 Å². The van der Waals surface area contributed by atoms with Gasteiger partial charge in [0, 0.05) is 18.5 Å². The number of amides is 1. The Morgan fingerprint density at radius 3 is 2.77 bits per heavy atom. The SMILES string of the molecule is CCCN(C)C(=O)c1cc2c(s1)-c1cc(OC)ccc1CC2. The summed E-state index contributed by atoms with van der Waals surface area (Å²) >= 11 is 1.61. The van der Waals surface area contributed by atoms with Gasteiger partial charge >= 0.3 is 0 Å². The molecule has 3 rings (SSSR count). The number of hydrogen-bond acceptors (Lipinski definition) is 3. The molecule has 1 heterocycles. The molecule has 0 aliphatic heterocycles. The molecule has 1 aliphatic carbocycles. The van der Waals surface area contributed by atoms with E-state index < -0.39 is 0 Å². The van der Waals surface area contributed by atoms with Gasteiger partial charge in [0.25, 0.3) is 5.91 Å². The number of aryl methyl sites for hydroxylation is 2. The third kappa shape index (κ3) is 2.63. The van der Waals surface area contributed by atoms with Crippen molar-refractivity contribution in [3.8, 4) is 16.2 Å². The predicted octanol–water partition coefficient (Wildman–Crippen LogP) is 4.00. The number of benzene rings is 1. The monoisotopic (exact) mass is 315 g/mol. The summed E-state index contributed by atoms with van der Waals surface area (Å²) in [5.41, 5.74) is 3.86. The van der Waals surface area contributed by atoms with Gasteiger partial charge in [-0.05, 0) is 54.2 Å². The van der Waals surface area contributed by atoms with Crippen LogP contribution in [0.3, 0.4) is 0 Å². The first kappa shape index (κ1) is 15.1. The Balaban J connectivity index is 1.98. The summed E-state index contributed by atoms with van der Waals surface area (Å²) in [7, 11) is 3.57. The summed E-state index contributed by atoms with van der Waals surface area (Å²) in [4.78, 5) is 16.4. The number of carbonyl (C=O) groups is 1. The molecule has 0 N–H and O–H groups in total. The van der Waals surface area contributed by atoms with Crippen LogP contribution in [0.4, 0.5) is 0 Å². The Hall–Kier alpha value is -1.81. The zero-order valence-corrected chi connectivity index (χ0v) is 14.1. The van der Waals surface area contributed by atoms with Crippen LogP contribution in [0.25, 0.3) is 10.4 Å². The van der Waals surface area contributed by atoms with Gasteiger partial charge < -0.3 is 9.64 Å². The first-order valence-electron chi connectivity index (χ1n) is 7.69. The first-order chi connectivity index (χ1) is 10.6. The van der Waals surface area contributed by atoms with E-state index in [0.29, 0.717) is 0 Å². The number of methoxy groups -OCH3 is 1. The lowest BCUT2D eigenvalue weighted by molar-refractivity contribution is 0.0800. The van der Waals surface area contributed by atoms with Gasteiger partial charge in [0.2, 0.25) is 0 Å². The zero-order chi connectivity index (χ0) is 15.7. The van der Waals surface area contributed by atoms with Crippen molar-refractivity contribution < 1.29 is 9.53 Å². The Morgan fingerprint density at radius 1 is 1.27 bits per heavy atom. The van der Waals surface area contributed by atoms with Gasteiger partial charge in [0.1, 0.15) is 5.75 Å². The molecular weight excluding hydrogens is 294 g/mol. The smallest absolute Gasteiger partial charge is 0.263 e. The minimum atomic E-state index is 0.130. The number of thiophene rings is 1. The van der Waals surface area contributed by atoms with Gasteiger partial charge in [0.15, 0.2) is 0 Å². The third-order valence-corrected chi connectivity index (χ3v) is 5.35. The summed E-state index contributed by atoms with van der Waals surface area (Å²) in [5.74, 6) is 1.00. The maximum atomic E-state index is 12.5. The van der Waals surface area contributed by atoms with Crippen LogP contribution in [-0.2, 0) is 12.8 Å². The maximum Gasteiger partial charge on any atom is 0.263 e. The predicted molar refractivity (Wildman–Crippen MR) is 91.0 cm³/mol. The largest absolute Gasteiger partial charge is 0.497 e. The topological polar surface area (TPSA) is 29.5 Å². The Bertz CT molecular complexity index is 705. The maximum absolute atomic E-state index is 12.5. The van der Waals surface area contributed by atoms with Crippen molar-refractivity contribution in [3.05, 3.63) is 40.3 Å². The van der Waals surface area contributed by atoms with Gasteiger partial charge in [-0.25, -0.2) is 0 Å². The van der Waals surface area contributed by atoms with Crippen LogP contribution in [0.2, 0.25) is 0 Å². The third-order valence-electron chi connectivity index (χ3n) is 4.15. The molecule has 0 fully saturated rings. The standard InChI is InChI=1S/C18H21NO2S/c1-4-9-19(2)18(20)16-10-13-6-5-12-7-8-14(21-3)11-15(12)17(13)22-16/h7-8,10-11H,4-6,9H2,1-3H3. The van der Waals surface area contributed by atoms with Crippen molar-refractivity contribution in [1.29, 1.82) is 0 Å². The minimum absolute atomic E-state index is 0.130. The van der Waals surface area contributed by atoms with Crippen molar-refractivity contribution in [1.82, 2.24) is 4.90 Å². The summed E-state index contributed by atoms with van der Waals surface area (Å²) in [6, 6.07) is 8.32. The Labute approximate surface area is 135 Å². The van der Waals surface area contributed by atoms with Crippen LogP contribution >= 0.6 is 11.3 Å². The molecule has 0 unspecified atom stereocenters. The molecule has 0 atom stereocenters. The highest BCUT2D eigenvalue weighted by Crippen LogP contribution is 2.41. The molecule has 1 aromatic heterocycles. The summed E-state index contributed by atoms with van der Waals surface area (Å²) in [5, 5.41) is 0. The Morgan fingerprint density at radius 2 is 2.05 bits per heavy atom. The highest BCUT2D eigenvalue weighted by Gasteiger charge is 2.23. The molecule has 2 aromatic rings. The number of nitrogens with zero attached hydrogens (tertiary/aromatic N) is 1. The quantitative estimate of drug-likeness (QED) is 0.853. The lowest BCUT2D eigenvalue weighted by Gasteiger charge is -2.16. The molecule has 1 amide bonds. The fourth-order valence-electron chi connectivity index (χ4n) is 2.95. The molecule has 116 valence electrons. The fourth-order valence-corrected chi connectivity index (χ4v) is 4.21. The molecule has 0 bridgehead atoms. The summed E-state index contributed by atoms with van der Waals surface area (Å²) in [6.07, 6.45) is 3.02. The first-order valence-corrected chi connectivity index (χ1v) is 8.51. The van der Waals surface area contributed by atoms with E-state index >= 15 is 0 Å². The van der Waals surface area contributed by atoms with Crippen LogP contribution in [-0.4, -0.2) is 31.5 Å². The van der Waals surface area contributed by atoms with E-state index in [-0.39, 0.29) is 5.91 Å². The normalized spacial score (nSPS) is 12.5. The van der Waals surface area contributed by atoms with E-state index in [2.05, 4.69) is 25.1 Å². The molecule has 0 saturated carbocycles. The lowest BCUT2D eigenvalue weighted by atomic mass is 9.91. The average molecular weight is 315 g/mol. The molecule has 1 aliphatic rings. The molecule has 0 saturated heterocycles. The number of fused-ring (bicyclic) bond motifs is 3. The highest BCUT2D eigenvalue weighted by atomic mass is 32.1. The second-order valence-electron chi connectivity index (χ2n) is 5.71. The van der Waals surface area contributed by atoms with Crippen LogP contribution < -0.4 is 4.74 Å². The van der Waals surface area contributed by atoms with Crippen LogP contribution in [0.1, 0.15) is 34.1 Å². The zero-order valence-electron chi connectivity index (χ0n) is 13.3. The molecular formula is C18H21NO2S. The number of carbonyl (C=O) groups excluding carboxylic acids is 1. The molecule has 1 aromatic carbocycles. The number of ether oxygens (including phenoxy) is 1. The van der Waals surface area contributed by atoms with Gasteiger partial charge in [0.05, 0.1) is 12.0 Å². The second kappa shape index (κ2) is 6.13. The second-order valence-corrected chi connectivity index (χ2v) is 6.77. The molecule has 3 nitrogen and oxygen atoms in total. The van der Waals surface area contributed by atoms with Crippen molar-refractivity contribution in [2.24, 2.45) is 0 Å². The van der Waals surface area contributed by atoms with Gasteiger partial charge in [-0.15, -0.1) is 11.3 Å². The van der Waals surface area contributed by atoms with Gasteiger partial charge in [-0.2, -0.15) is 0 Å². The Kier molecular flexibility index (Phi) is 4.21. The molecule has 0 radical (unpaired) electrons. The lowest BCUT2D eigenvalue weighted by Crippen LogP contribution is -2.26. The van der Waals surface area contributed by atoms with Crippen molar-refractivity contribution in [2.75, 3.05) is 20.7 Å². The van der Waals surface area contributed by atoms with Crippen molar-refractivity contribution >= 4 is 17.2 Å². The minimum Gasteiger partial charge on any atom is -0.497 e. The van der Waals surface area contributed by atoms with Crippen molar-refractivity contribution in [2.45, 2.75) is 26.2 Å². The number of hydrogen-bond donors (Lipinski definition) is 0. The molecule has 22 heavy (non-hydrogen) atoms. The number of rotatable bonds is 4. The van der Waals surface area contributed by atoms with E-state index in [0.717, 1.165) is 36.4 Å². The van der Waals surface area contributed by atoms with Crippen LogP contribution in [0.15, 0.2) is 24.3 Å². The van der Waals surface area contributed by atoms with Crippen LogP contribution in [0.5, 0.6) is 5.75 Å². The fraction of sp³-hybridized carbons (Fsp3) is 0.389. The van der Waals surface area contributed by atoms with Gasteiger partial charge in [-0.1, -0.05) is 13.0 Å². The highest BCUT2D eigenvalue weighted by molar-refractivity contribution is 7.17. The van der Waals surface area contributed by atoms with Crippen molar-refractivity contribution in [3.63, 3.8) is 0 Å². The van der Waals surface area contributed by atoms with E-state index in [1.165, 1.54) is 21.6 Å². The van der Waals surface area contributed by atoms with Crippen LogP contribution in [0, 0.1) is 0 Å². The average Bonchev–Trinajstić information content (AvgIpc) is 2.98. The summed E-state index contributed by atoms with van der Waals surface area (Å²) < 4.78 is 5.35. The van der Waals surface area contributed by atoms with E-state index in [1.807, 2.05) is 18.0 Å².